The number of benzene rings is 3. The van der Waals surface area contributed by atoms with Gasteiger partial charge in [-0.1, -0.05) is 60.7 Å². The molecule has 178 valence electrons. The molecule has 0 spiro atoms. The van der Waals surface area contributed by atoms with Gasteiger partial charge in [0.25, 0.3) is 5.91 Å². The first-order valence-corrected chi connectivity index (χ1v) is 11.5. The van der Waals surface area contributed by atoms with E-state index in [1.165, 1.54) is 0 Å². The number of carbonyl (C=O) groups excluding carboxylic acids is 1. The molecule has 36 heavy (non-hydrogen) atoms. The number of carboxylic acids is 1. The fraction of sp³-hybridized carbons (Fsp3) is 0.103. The molecule has 0 saturated carbocycles. The van der Waals surface area contributed by atoms with Crippen molar-refractivity contribution in [2.24, 2.45) is 0 Å². The molecule has 3 aromatic carbocycles. The number of nitrogens with zero attached hydrogens (tertiary/aromatic N) is 2. The molecule has 0 aliphatic rings. The molecule has 5 rings (SSSR count). The molecule has 1 unspecified atom stereocenters. The van der Waals surface area contributed by atoms with Crippen LogP contribution in [0.3, 0.4) is 0 Å². The van der Waals surface area contributed by atoms with Gasteiger partial charge in [-0.15, -0.1) is 0 Å². The fourth-order valence-corrected chi connectivity index (χ4v) is 3.94. The van der Waals surface area contributed by atoms with Gasteiger partial charge < -0.3 is 15.2 Å². The van der Waals surface area contributed by atoms with Crippen LogP contribution in [-0.4, -0.2) is 33.0 Å². The van der Waals surface area contributed by atoms with Gasteiger partial charge in [0.15, 0.2) is 0 Å². The number of hydrogen-bond acceptors (Lipinski definition) is 5. The maximum absolute atomic E-state index is 12.7. The van der Waals surface area contributed by atoms with Gasteiger partial charge in [-0.3, -0.25) is 9.78 Å². The van der Waals surface area contributed by atoms with Crippen LogP contribution in [-0.2, 0) is 17.8 Å². The monoisotopic (exact) mass is 477 g/mol. The molecule has 1 amide bonds. The standard InChI is InChI=1S/C29H23N3O4/c33-28(26-16-21-6-1-2-7-22(21)17-30-26)32-27(29(34)35)15-19-9-13-24(14-10-19)36-18-23-12-11-20-5-3-4-8-25(20)31-23/h1-14,16-17,27H,15,18H2,(H,32,33)(H,34,35). The molecule has 2 N–H and O–H groups in total. The third-order valence-corrected chi connectivity index (χ3v) is 5.87. The lowest BCUT2D eigenvalue weighted by Gasteiger charge is -2.15. The van der Waals surface area contributed by atoms with Crippen molar-refractivity contribution >= 4 is 33.6 Å². The zero-order valence-corrected chi connectivity index (χ0v) is 19.3. The molecule has 0 bridgehead atoms. The summed E-state index contributed by atoms with van der Waals surface area (Å²) in [5.41, 5.74) is 2.65. The van der Waals surface area contributed by atoms with Crippen molar-refractivity contribution in [3.8, 4) is 5.75 Å². The Kier molecular flexibility index (Phi) is 6.53. The topological polar surface area (TPSA) is 101 Å². The Balaban J connectivity index is 1.21. The van der Waals surface area contributed by atoms with Crippen LogP contribution in [0.25, 0.3) is 21.7 Å². The summed E-state index contributed by atoms with van der Waals surface area (Å²) in [7, 11) is 0. The van der Waals surface area contributed by atoms with Gasteiger partial charge in [-0.25, -0.2) is 9.78 Å². The minimum absolute atomic E-state index is 0.126. The lowest BCUT2D eigenvalue weighted by molar-refractivity contribution is -0.139. The molecular formula is C29H23N3O4. The van der Waals surface area contributed by atoms with Crippen molar-refractivity contribution in [1.29, 1.82) is 0 Å². The maximum atomic E-state index is 12.7. The SMILES string of the molecule is O=C(NC(Cc1ccc(OCc2ccc3ccccc3n2)cc1)C(=O)O)c1cc2ccccc2cn1. The van der Waals surface area contributed by atoms with Gasteiger partial charge >= 0.3 is 5.97 Å². The number of rotatable bonds is 8. The third kappa shape index (κ3) is 5.31. The molecule has 1 atom stereocenters. The number of aromatic nitrogens is 2. The van der Waals surface area contributed by atoms with E-state index in [0.29, 0.717) is 12.4 Å². The average Bonchev–Trinajstić information content (AvgIpc) is 2.91. The van der Waals surface area contributed by atoms with Crippen LogP contribution in [0.1, 0.15) is 21.7 Å². The first kappa shape index (κ1) is 23.0. The number of ether oxygens (including phenoxy) is 1. The number of carbonyl (C=O) groups is 2. The summed E-state index contributed by atoms with van der Waals surface area (Å²) in [6.07, 6.45) is 1.73. The van der Waals surface area contributed by atoms with Crippen LogP contribution in [0.5, 0.6) is 5.75 Å². The van der Waals surface area contributed by atoms with Crippen LogP contribution in [0.4, 0.5) is 0 Å². The number of carboxylic acid groups (broad SMARTS) is 1. The van der Waals surface area contributed by atoms with Crippen molar-refractivity contribution in [3.05, 3.63) is 114 Å². The van der Waals surface area contributed by atoms with E-state index >= 15 is 0 Å². The molecular weight excluding hydrogens is 454 g/mol. The highest BCUT2D eigenvalue weighted by atomic mass is 16.5. The molecule has 7 nitrogen and oxygen atoms in total. The molecule has 7 heteroatoms. The lowest BCUT2D eigenvalue weighted by Crippen LogP contribution is -2.42. The highest BCUT2D eigenvalue weighted by molar-refractivity contribution is 5.98. The van der Waals surface area contributed by atoms with Crippen LogP contribution >= 0.6 is 0 Å². The van der Waals surface area contributed by atoms with E-state index in [1.54, 1.807) is 36.5 Å². The number of hydrogen-bond donors (Lipinski definition) is 2. The highest BCUT2D eigenvalue weighted by Gasteiger charge is 2.22. The number of amides is 1. The van der Waals surface area contributed by atoms with Gasteiger partial charge in [0.2, 0.25) is 0 Å². The summed E-state index contributed by atoms with van der Waals surface area (Å²) < 4.78 is 5.85. The molecule has 5 aromatic rings. The summed E-state index contributed by atoms with van der Waals surface area (Å²) in [6, 6.07) is 27.1. The Hall–Kier alpha value is -4.78. The normalized spacial score (nSPS) is 11.8. The van der Waals surface area contributed by atoms with E-state index in [1.807, 2.05) is 60.7 Å². The van der Waals surface area contributed by atoms with Gasteiger partial charge in [-0.2, -0.15) is 0 Å². The first-order valence-electron chi connectivity index (χ1n) is 11.5. The van der Waals surface area contributed by atoms with E-state index in [2.05, 4.69) is 15.3 Å². The Morgan fingerprint density at radius 3 is 2.36 bits per heavy atom. The summed E-state index contributed by atoms with van der Waals surface area (Å²) >= 11 is 0. The van der Waals surface area contributed by atoms with E-state index in [0.717, 1.165) is 32.9 Å². The number of pyridine rings is 2. The molecule has 2 aromatic heterocycles. The van der Waals surface area contributed by atoms with Gasteiger partial charge in [0.05, 0.1) is 11.2 Å². The molecule has 0 fully saturated rings. The van der Waals surface area contributed by atoms with E-state index in [4.69, 9.17) is 4.74 Å². The van der Waals surface area contributed by atoms with Crippen LogP contribution in [0, 0.1) is 0 Å². The molecule has 0 aliphatic carbocycles. The van der Waals surface area contributed by atoms with Crippen LogP contribution in [0.2, 0.25) is 0 Å². The Morgan fingerprint density at radius 1 is 0.861 bits per heavy atom. The number of nitrogens with one attached hydrogen (secondary N) is 1. The average molecular weight is 478 g/mol. The number of para-hydroxylation sites is 1. The second-order valence-electron chi connectivity index (χ2n) is 8.41. The Bertz CT molecular complexity index is 1550. The fourth-order valence-electron chi connectivity index (χ4n) is 3.94. The molecule has 0 radical (unpaired) electrons. The van der Waals surface area contributed by atoms with E-state index in [-0.39, 0.29) is 12.1 Å². The Labute approximate surface area is 207 Å². The van der Waals surface area contributed by atoms with Crippen molar-refractivity contribution in [2.75, 3.05) is 0 Å². The van der Waals surface area contributed by atoms with Crippen molar-refractivity contribution in [1.82, 2.24) is 15.3 Å². The molecule has 0 saturated heterocycles. The van der Waals surface area contributed by atoms with Crippen molar-refractivity contribution < 1.29 is 19.4 Å². The second-order valence-corrected chi connectivity index (χ2v) is 8.41. The molecule has 0 aliphatic heterocycles. The van der Waals surface area contributed by atoms with E-state index in [9.17, 15) is 14.7 Å². The van der Waals surface area contributed by atoms with Crippen LogP contribution in [0.15, 0.2) is 97.2 Å². The summed E-state index contributed by atoms with van der Waals surface area (Å²) in [5, 5.41) is 15.1. The quantitative estimate of drug-likeness (QED) is 0.333. The summed E-state index contributed by atoms with van der Waals surface area (Å²) in [4.78, 5) is 33.3. The van der Waals surface area contributed by atoms with E-state index < -0.39 is 17.9 Å². The largest absolute Gasteiger partial charge is 0.487 e. The van der Waals surface area contributed by atoms with Crippen molar-refractivity contribution in [3.63, 3.8) is 0 Å². The third-order valence-electron chi connectivity index (χ3n) is 5.87. The predicted molar refractivity (Wildman–Crippen MR) is 137 cm³/mol. The summed E-state index contributed by atoms with van der Waals surface area (Å²) in [6.45, 7) is 0.316. The summed E-state index contributed by atoms with van der Waals surface area (Å²) in [5.74, 6) is -1.01. The minimum Gasteiger partial charge on any atom is -0.487 e. The van der Waals surface area contributed by atoms with Crippen molar-refractivity contribution in [2.45, 2.75) is 19.1 Å². The first-order chi connectivity index (χ1) is 17.5. The smallest absolute Gasteiger partial charge is 0.326 e. The van der Waals surface area contributed by atoms with Gasteiger partial charge in [-0.05, 0) is 41.3 Å². The second kappa shape index (κ2) is 10.2. The zero-order chi connectivity index (χ0) is 24.9. The minimum atomic E-state index is -1.12. The maximum Gasteiger partial charge on any atom is 0.326 e. The zero-order valence-electron chi connectivity index (χ0n) is 19.3. The molecule has 2 heterocycles. The number of aliphatic carboxylic acids is 1. The highest BCUT2D eigenvalue weighted by Crippen LogP contribution is 2.18. The van der Waals surface area contributed by atoms with Gasteiger partial charge in [0.1, 0.15) is 24.1 Å². The lowest BCUT2D eigenvalue weighted by atomic mass is 10.1. The Morgan fingerprint density at radius 2 is 1.58 bits per heavy atom. The van der Waals surface area contributed by atoms with Crippen LogP contribution < -0.4 is 10.1 Å². The predicted octanol–water partition coefficient (Wildman–Crippen LogP) is 4.79. The number of fused-ring (bicyclic) bond motifs is 2. The van der Waals surface area contributed by atoms with Gasteiger partial charge in [0, 0.05) is 23.4 Å².